The Hall–Kier alpha value is -4.04. The maximum absolute atomic E-state index is 13.0. The van der Waals surface area contributed by atoms with Gasteiger partial charge in [-0.15, -0.1) is 0 Å². The van der Waals surface area contributed by atoms with Gasteiger partial charge in [0.2, 0.25) is 6.79 Å². The summed E-state index contributed by atoms with van der Waals surface area (Å²) in [6, 6.07) is 12.9. The first-order valence-electron chi connectivity index (χ1n) is 10.8. The third-order valence-electron chi connectivity index (χ3n) is 6.08. The number of fused-ring (bicyclic) bond motifs is 2. The molecule has 8 nitrogen and oxygen atoms in total. The van der Waals surface area contributed by atoms with E-state index in [0.717, 1.165) is 39.0 Å². The van der Waals surface area contributed by atoms with Gasteiger partial charge in [-0.3, -0.25) is 4.79 Å². The van der Waals surface area contributed by atoms with Crippen molar-refractivity contribution in [1.82, 2.24) is 14.9 Å². The first kappa shape index (κ1) is 21.8. The minimum Gasteiger partial charge on any atom is -0.507 e. The standard InChI is InChI=1S/C25H21N3O5.CH4/c29-21-5-4-15(10-19(21)25(30)28-6-8-31-9-7-28)16-11-18-20(13-27-24(18)26-12-16)17-2-1-3-22-23(17)33-14-32-22;/h1-5,10-13,29H,6-9,14H2,(H,26,27);1H4. The van der Waals surface area contributed by atoms with E-state index in [-0.39, 0.29) is 31.4 Å². The predicted molar refractivity (Wildman–Crippen MR) is 128 cm³/mol. The summed E-state index contributed by atoms with van der Waals surface area (Å²) in [5, 5.41) is 11.3. The molecule has 2 aliphatic heterocycles. The number of para-hydroxylation sites is 1. The Labute approximate surface area is 196 Å². The average Bonchev–Trinajstić information content (AvgIpc) is 3.51. The van der Waals surface area contributed by atoms with Crippen LogP contribution < -0.4 is 9.47 Å². The maximum Gasteiger partial charge on any atom is 0.257 e. The van der Waals surface area contributed by atoms with Gasteiger partial charge < -0.3 is 29.2 Å². The monoisotopic (exact) mass is 459 g/mol. The highest BCUT2D eigenvalue weighted by molar-refractivity contribution is 6.00. The molecule has 2 aliphatic rings. The molecular weight excluding hydrogens is 434 g/mol. The summed E-state index contributed by atoms with van der Waals surface area (Å²) in [7, 11) is 0. The third-order valence-corrected chi connectivity index (χ3v) is 6.08. The zero-order valence-corrected chi connectivity index (χ0v) is 17.7. The van der Waals surface area contributed by atoms with Crippen LogP contribution in [0.2, 0.25) is 0 Å². The molecule has 0 atom stereocenters. The average molecular weight is 460 g/mol. The number of aromatic nitrogens is 2. The molecule has 8 heteroatoms. The number of H-pyrrole nitrogens is 1. The highest BCUT2D eigenvalue weighted by atomic mass is 16.7. The van der Waals surface area contributed by atoms with Crippen molar-refractivity contribution < 1.29 is 24.1 Å². The largest absolute Gasteiger partial charge is 0.507 e. The highest BCUT2D eigenvalue weighted by Crippen LogP contribution is 2.43. The van der Waals surface area contributed by atoms with Gasteiger partial charge in [0.15, 0.2) is 11.5 Å². The molecule has 34 heavy (non-hydrogen) atoms. The van der Waals surface area contributed by atoms with Gasteiger partial charge in [0, 0.05) is 47.6 Å². The van der Waals surface area contributed by atoms with E-state index < -0.39 is 0 Å². The SMILES string of the molecule is C.O=C(c1cc(-c2cnc3[nH]cc(-c4cccc5c4OCO5)c3c2)ccc1O)N1CCOCC1. The van der Waals surface area contributed by atoms with Crippen molar-refractivity contribution in [3.63, 3.8) is 0 Å². The van der Waals surface area contributed by atoms with Crippen molar-refractivity contribution >= 4 is 16.9 Å². The van der Waals surface area contributed by atoms with Gasteiger partial charge in [-0.2, -0.15) is 0 Å². The van der Waals surface area contributed by atoms with Crippen molar-refractivity contribution in [3.05, 3.63) is 60.4 Å². The Morgan fingerprint density at radius 1 is 1.03 bits per heavy atom. The number of ether oxygens (including phenoxy) is 3. The summed E-state index contributed by atoms with van der Waals surface area (Å²) in [6.45, 7) is 2.22. The number of aromatic hydroxyl groups is 1. The number of benzene rings is 2. The Bertz CT molecular complexity index is 1370. The first-order valence-corrected chi connectivity index (χ1v) is 10.8. The molecule has 2 aromatic carbocycles. The van der Waals surface area contributed by atoms with Crippen LogP contribution in [0.15, 0.2) is 54.9 Å². The summed E-state index contributed by atoms with van der Waals surface area (Å²) in [5.41, 5.74) is 4.52. The first-order chi connectivity index (χ1) is 16.2. The normalized spacial score (nSPS) is 14.8. The zero-order valence-electron chi connectivity index (χ0n) is 17.7. The van der Waals surface area contributed by atoms with Crippen LogP contribution in [0.5, 0.6) is 17.2 Å². The topological polar surface area (TPSA) is 96.9 Å². The van der Waals surface area contributed by atoms with Gasteiger partial charge in [-0.1, -0.05) is 25.6 Å². The zero-order chi connectivity index (χ0) is 22.4. The number of phenolic OH excluding ortho intramolecular Hbond substituents is 1. The fourth-order valence-corrected chi connectivity index (χ4v) is 4.35. The van der Waals surface area contributed by atoms with Crippen LogP contribution in [0.3, 0.4) is 0 Å². The number of nitrogens with one attached hydrogen (secondary N) is 1. The lowest BCUT2D eigenvalue weighted by Crippen LogP contribution is -2.40. The van der Waals surface area contributed by atoms with E-state index in [2.05, 4.69) is 9.97 Å². The number of hydrogen-bond donors (Lipinski definition) is 2. The number of phenols is 1. The molecule has 1 saturated heterocycles. The molecule has 4 aromatic rings. The number of morpholine rings is 1. The van der Waals surface area contributed by atoms with Gasteiger partial charge >= 0.3 is 0 Å². The summed E-state index contributed by atoms with van der Waals surface area (Å²) < 4.78 is 16.6. The molecular formula is C26H25N3O5. The lowest BCUT2D eigenvalue weighted by atomic mass is 9.99. The van der Waals surface area contributed by atoms with Gasteiger partial charge in [0.1, 0.15) is 11.4 Å². The molecule has 1 fully saturated rings. The molecule has 0 aliphatic carbocycles. The molecule has 6 rings (SSSR count). The lowest BCUT2D eigenvalue weighted by molar-refractivity contribution is 0.0301. The van der Waals surface area contributed by atoms with Gasteiger partial charge in [-0.05, 0) is 29.8 Å². The molecule has 0 unspecified atom stereocenters. The number of pyridine rings is 1. The van der Waals surface area contributed by atoms with Gasteiger partial charge in [0.25, 0.3) is 5.91 Å². The van der Waals surface area contributed by atoms with Crippen molar-refractivity contribution in [3.8, 4) is 39.5 Å². The molecule has 4 heterocycles. The van der Waals surface area contributed by atoms with Gasteiger partial charge in [0.05, 0.1) is 18.8 Å². The number of nitrogens with zero attached hydrogens (tertiary/aromatic N) is 2. The summed E-state index contributed by atoms with van der Waals surface area (Å²) in [4.78, 5) is 22.5. The third kappa shape index (κ3) is 3.62. The second-order valence-electron chi connectivity index (χ2n) is 8.00. The van der Waals surface area contributed by atoms with E-state index in [4.69, 9.17) is 14.2 Å². The molecule has 2 N–H and O–H groups in total. The molecule has 0 bridgehead atoms. The fourth-order valence-electron chi connectivity index (χ4n) is 4.35. The minimum absolute atomic E-state index is 0. The van der Waals surface area contributed by atoms with Crippen molar-refractivity contribution in [2.75, 3.05) is 33.1 Å². The number of amides is 1. The maximum atomic E-state index is 13.0. The van der Waals surface area contributed by atoms with E-state index >= 15 is 0 Å². The molecule has 174 valence electrons. The Balaban J connectivity index is 0.00000241. The van der Waals surface area contributed by atoms with Crippen LogP contribution >= 0.6 is 0 Å². The van der Waals surface area contributed by atoms with Crippen LogP contribution in [0.25, 0.3) is 33.3 Å². The summed E-state index contributed by atoms with van der Waals surface area (Å²) in [5.74, 6) is 1.19. The summed E-state index contributed by atoms with van der Waals surface area (Å²) in [6.07, 6.45) is 3.66. The van der Waals surface area contributed by atoms with E-state index in [1.165, 1.54) is 0 Å². The minimum atomic E-state index is -0.203. The predicted octanol–water partition coefficient (Wildman–Crippen LogP) is 4.44. The number of carbonyl (C=O) groups excluding carboxylic acids is 1. The van der Waals surface area contributed by atoms with E-state index in [1.807, 2.05) is 30.5 Å². The molecule has 0 radical (unpaired) electrons. The van der Waals surface area contributed by atoms with E-state index in [1.54, 1.807) is 29.3 Å². The molecule has 0 spiro atoms. The molecule has 0 saturated carbocycles. The Kier molecular flexibility index (Phi) is 5.59. The lowest BCUT2D eigenvalue weighted by Gasteiger charge is -2.27. The van der Waals surface area contributed by atoms with Crippen LogP contribution in [-0.2, 0) is 4.74 Å². The second-order valence-corrected chi connectivity index (χ2v) is 8.00. The van der Waals surface area contributed by atoms with E-state index in [0.29, 0.717) is 32.1 Å². The van der Waals surface area contributed by atoms with Crippen molar-refractivity contribution in [1.29, 1.82) is 0 Å². The van der Waals surface area contributed by atoms with Crippen molar-refractivity contribution in [2.24, 2.45) is 0 Å². The smallest absolute Gasteiger partial charge is 0.257 e. The van der Waals surface area contributed by atoms with Crippen molar-refractivity contribution in [2.45, 2.75) is 7.43 Å². The van der Waals surface area contributed by atoms with E-state index in [9.17, 15) is 9.90 Å². The Morgan fingerprint density at radius 3 is 2.74 bits per heavy atom. The fraction of sp³-hybridized carbons (Fsp3) is 0.231. The number of hydrogen-bond acceptors (Lipinski definition) is 6. The van der Waals surface area contributed by atoms with Crippen LogP contribution in [0, 0.1) is 0 Å². The second kappa shape index (κ2) is 8.72. The number of aromatic amines is 1. The Morgan fingerprint density at radius 2 is 1.88 bits per heavy atom. The van der Waals surface area contributed by atoms with Crippen LogP contribution in [-0.4, -0.2) is 59.0 Å². The van der Waals surface area contributed by atoms with Gasteiger partial charge in [-0.25, -0.2) is 4.98 Å². The molecule has 2 aromatic heterocycles. The molecule has 1 amide bonds. The summed E-state index contributed by atoms with van der Waals surface area (Å²) >= 11 is 0. The number of rotatable bonds is 3. The highest BCUT2D eigenvalue weighted by Gasteiger charge is 2.23. The number of carbonyl (C=O) groups is 1. The van der Waals surface area contributed by atoms with Crippen LogP contribution in [0.4, 0.5) is 0 Å². The quantitative estimate of drug-likeness (QED) is 0.470. The van der Waals surface area contributed by atoms with Crippen LogP contribution in [0.1, 0.15) is 17.8 Å².